The number of rotatable bonds is 7. The van der Waals surface area contributed by atoms with Crippen molar-refractivity contribution < 1.29 is 9.84 Å². The monoisotopic (exact) mass is 514 g/mol. The number of hydrogen-bond acceptors (Lipinski definition) is 6. The van der Waals surface area contributed by atoms with Gasteiger partial charge in [0.1, 0.15) is 17.7 Å². The van der Waals surface area contributed by atoms with Crippen LogP contribution in [0, 0.1) is 5.92 Å². The van der Waals surface area contributed by atoms with Crippen molar-refractivity contribution in [3.8, 4) is 5.69 Å². The van der Waals surface area contributed by atoms with Crippen LogP contribution < -0.4 is 10.9 Å². The van der Waals surface area contributed by atoms with Crippen LogP contribution in [-0.4, -0.2) is 54.8 Å². The molecule has 0 bridgehead atoms. The van der Waals surface area contributed by atoms with Gasteiger partial charge in [0.25, 0.3) is 5.56 Å². The Morgan fingerprint density at radius 2 is 2.08 bits per heavy atom. The predicted molar refractivity (Wildman–Crippen MR) is 144 cm³/mol. The van der Waals surface area contributed by atoms with Gasteiger partial charge in [-0.15, -0.1) is 10.2 Å². The van der Waals surface area contributed by atoms with Crippen molar-refractivity contribution in [3.63, 3.8) is 0 Å². The molecule has 3 fully saturated rings. The lowest BCUT2D eigenvalue weighted by atomic mass is 9.58. The lowest BCUT2D eigenvalue weighted by molar-refractivity contribution is 0.122. The standard InChI is InChI=1S/C29H34N6O3/c1-17-10-29(11-17,28-33-31-16-34(28)2)19-4-3-5-21(8-19)35-13-23(18-6-7-18)22-9-20(32-26(22)27(35)37)12-30-24-14-38-15-25(24)36/h3-5,8-9,13,16-18,24-25,30,32,36H,6-7,10-12,14-15H2,1-2H3. The highest BCUT2D eigenvalue weighted by Gasteiger charge is 2.48. The zero-order valence-corrected chi connectivity index (χ0v) is 21.9. The van der Waals surface area contributed by atoms with Crippen LogP contribution in [0.25, 0.3) is 16.6 Å². The second kappa shape index (κ2) is 8.90. The van der Waals surface area contributed by atoms with Gasteiger partial charge in [-0.1, -0.05) is 19.1 Å². The average Bonchev–Trinajstić information content (AvgIpc) is 3.27. The first-order valence-corrected chi connectivity index (χ1v) is 13.6. The van der Waals surface area contributed by atoms with Gasteiger partial charge in [0.15, 0.2) is 0 Å². The first kappa shape index (κ1) is 23.8. The minimum atomic E-state index is -0.505. The number of aryl methyl sites for hydroxylation is 1. The van der Waals surface area contributed by atoms with E-state index < -0.39 is 6.10 Å². The number of fused-ring (bicyclic) bond motifs is 1. The molecule has 1 aliphatic heterocycles. The van der Waals surface area contributed by atoms with Crippen molar-refractivity contribution in [1.82, 2.24) is 29.6 Å². The molecule has 2 atom stereocenters. The molecule has 1 saturated heterocycles. The molecule has 2 unspecified atom stereocenters. The molecule has 9 nitrogen and oxygen atoms in total. The molecule has 38 heavy (non-hydrogen) atoms. The molecule has 3 N–H and O–H groups in total. The summed E-state index contributed by atoms with van der Waals surface area (Å²) in [6.07, 6.45) is 7.63. The summed E-state index contributed by atoms with van der Waals surface area (Å²) in [4.78, 5) is 17.3. The summed E-state index contributed by atoms with van der Waals surface area (Å²) in [5.41, 5.74) is 4.61. The van der Waals surface area contributed by atoms with E-state index in [4.69, 9.17) is 4.74 Å². The minimum absolute atomic E-state index is 0.0493. The molecule has 4 heterocycles. The van der Waals surface area contributed by atoms with Gasteiger partial charge in [-0.05, 0) is 66.8 Å². The molecule has 0 amide bonds. The molecular formula is C29H34N6O3. The lowest BCUT2D eigenvalue weighted by Gasteiger charge is -2.46. The Hall–Kier alpha value is -3.27. The van der Waals surface area contributed by atoms with Crippen LogP contribution in [0.15, 0.2) is 47.7 Å². The SMILES string of the molecule is CC1CC(c2cccc(-n3cc(C4CC4)c4cc(CNC5COCC5O)[nH]c4c3=O)c2)(c2nncn2C)C1. The summed E-state index contributed by atoms with van der Waals surface area (Å²) in [7, 11) is 2.00. The fourth-order valence-electron chi connectivity index (χ4n) is 6.63. The largest absolute Gasteiger partial charge is 0.389 e. The number of aromatic nitrogens is 5. The van der Waals surface area contributed by atoms with E-state index in [0.29, 0.717) is 37.1 Å². The highest BCUT2D eigenvalue weighted by atomic mass is 16.5. The molecule has 4 aromatic rings. The molecule has 7 rings (SSSR count). The van der Waals surface area contributed by atoms with Gasteiger partial charge in [0, 0.05) is 36.6 Å². The Balaban J connectivity index is 1.28. The first-order valence-electron chi connectivity index (χ1n) is 13.6. The second-order valence-corrected chi connectivity index (χ2v) is 11.6. The highest BCUT2D eigenvalue weighted by molar-refractivity contribution is 5.84. The maximum Gasteiger partial charge on any atom is 0.279 e. The number of nitrogens with zero attached hydrogens (tertiary/aromatic N) is 4. The van der Waals surface area contributed by atoms with Crippen LogP contribution >= 0.6 is 0 Å². The number of aromatic amines is 1. The van der Waals surface area contributed by atoms with Gasteiger partial charge < -0.3 is 24.7 Å². The van der Waals surface area contributed by atoms with E-state index in [2.05, 4.69) is 57.9 Å². The summed E-state index contributed by atoms with van der Waals surface area (Å²) in [5.74, 6) is 2.07. The van der Waals surface area contributed by atoms with Crippen LogP contribution in [-0.2, 0) is 23.7 Å². The van der Waals surface area contributed by atoms with E-state index in [0.717, 1.165) is 48.3 Å². The smallest absolute Gasteiger partial charge is 0.279 e. The van der Waals surface area contributed by atoms with E-state index in [-0.39, 0.29) is 17.0 Å². The average molecular weight is 515 g/mol. The topological polar surface area (TPSA) is 110 Å². The summed E-state index contributed by atoms with van der Waals surface area (Å²) in [6, 6.07) is 10.4. The van der Waals surface area contributed by atoms with Crippen molar-refractivity contribution in [1.29, 1.82) is 0 Å². The number of aliphatic hydroxyl groups excluding tert-OH is 1. The fraction of sp³-hybridized carbons (Fsp3) is 0.483. The quantitative estimate of drug-likeness (QED) is 0.350. The third-order valence-electron chi connectivity index (χ3n) is 8.72. The zero-order chi connectivity index (χ0) is 26.0. The Bertz CT molecular complexity index is 1560. The van der Waals surface area contributed by atoms with Crippen molar-refractivity contribution in [2.75, 3.05) is 13.2 Å². The lowest BCUT2D eigenvalue weighted by Crippen LogP contribution is -2.43. The molecule has 9 heteroatoms. The predicted octanol–water partition coefficient (Wildman–Crippen LogP) is 2.89. The molecule has 1 aromatic carbocycles. The zero-order valence-electron chi connectivity index (χ0n) is 21.9. The molecule has 2 aliphatic carbocycles. The van der Waals surface area contributed by atoms with Crippen molar-refractivity contribution in [2.45, 2.75) is 62.6 Å². The van der Waals surface area contributed by atoms with Crippen molar-refractivity contribution in [3.05, 3.63) is 75.9 Å². The molecular weight excluding hydrogens is 480 g/mol. The molecule has 3 aromatic heterocycles. The van der Waals surface area contributed by atoms with E-state index >= 15 is 0 Å². The summed E-state index contributed by atoms with van der Waals surface area (Å²) in [6.45, 7) is 3.66. The number of H-pyrrole nitrogens is 1. The Kier molecular flexibility index (Phi) is 5.58. The third kappa shape index (κ3) is 3.83. The van der Waals surface area contributed by atoms with Gasteiger partial charge in [0.05, 0.1) is 30.8 Å². The third-order valence-corrected chi connectivity index (χ3v) is 8.72. The minimum Gasteiger partial charge on any atom is -0.389 e. The Morgan fingerprint density at radius 3 is 2.76 bits per heavy atom. The highest BCUT2D eigenvalue weighted by Crippen LogP contribution is 2.51. The normalized spacial score (nSPS) is 27.2. The fourth-order valence-corrected chi connectivity index (χ4v) is 6.63. The van der Waals surface area contributed by atoms with Gasteiger partial charge in [0.2, 0.25) is 0 Å². The number of hydrogen-bond donors (Lipinski definition) is 3. The van der Waals surface area contributed by atoms with Crippen LogP contribution in [0.4, 0.5) is 0 Å². The number of pyridine rings is 1. The van der Waals surface area contributed by atoms with Crippen molar-refractivity contribution in [2.24, 2.45) is 13.0 Å². The summed E-state index contributed by atoms with van der Waals surface area (Å²) in [5, 5.41) is 23.1. The summed E-state index contributed by atoms with van der Waals surface area (Å²) >= 11 is 0. The maximum absolute atomic E-state index is 13.9. The van der Waals surface area contributed by atoms with E-state index in [1.54, 1.807) is 6.33 Å². The van der Waals surface area contributed by atoms with Gasteiger partial charge in [-0.3, -0.25) is 9.36 Å². The van der Waals surface area contributed by atoms with E-state index in [1.807, 2.05) is 22.2 Å². The number of aliphatic hydroxyl groups is 1. The first-order chi connectivity index (χ1) is 18.4. The van der Waals surface area contributed by atoms with Gasteiger partial charge in [-0.25, -0.2) is 0 Å². The number of benzene rings is 1. The summed E-state index contributed by atoms with van der Waals surface area (Å²) < 4.78 is 9.19. The van der Waals surface area contributed by atoms with Crippen LogP contribution in [0.5, 0.6) is 0 Å². The van der Waals surface area contributed by atoms with Gasteiger partial charge in [-0.2, -0.15) is 0 Å². The Labute approximate surface area is 220 Å². The molecule has 0 radical (unpaired) electrons. The molecule has 3 aliphatic rings. The van der Waals surface area contributed by atoms with E-state index in [9.17, 15) is 9.90 Å². The molecule has 2 saturated carbocycles. The van der Waals surface area contributed by atoms with Gasteiger partial charge >= 0.3 is 0 Å². The van der Waals surface area contributed by atoms with Crippen LogP contribution in [0.2, 0.25) is 0 Å². The second-order valence-electron chi connectivity index (χ2n) is 11.6. The van der Waals surface area contributed by atoms with Crippen molar-refractivity contribution >= 4 is 10.9 Å². The number of ether oxygens (including phenoxy) is 1. The van der Waals surface area contributed by atoms with E-state index in [1.165, 1.54) is 11.1 Å². The molecule has 0 spiro atoms. The molecule has 198 valence electrons. The Morgan fingerprint density at radius 1 is 1.24 bits per heavy atom. The maximum atomic E-state index is 13.9. The van der Waals surface area contributed by atoms with Crippen LogP contribution in [0.1, 0.15) is 61.2 Å². The number of nitrogens with one attached hydrogen (secondary N) is 2. The van der Waals surface area contributed by atoms with Crippen LogP contribution in [0.3, 0.4) is 0 Å².